The summed E-state index contributed by atoms with van der Waals surface area (Å²) >= 11 is 7.64. The van der Waals surface area contributed by atoms with Gasteiger partial charge >= 0.3 is 0 Å². The van der Waals surface area contributed by atoms with Gasteiger partial charge in [-0.25, -0.2) is 0 Å². The molecule has 8 heteroatoms. The van der Waals surface area contributed by atoms with Crippen LogP contribution in [0.15, 0.2) is 48.5 Å². The number of halogens is 1. The van der Waals surface area contributed by atoms with Crippen LogP contribution in [0.3, 0.4) is 0 Å². The summed E-state index contributed by atoms with van der Waals surface area (Å²) in [5, 5.41) is 3.25. The highest BCUT2D eigenvalue weighted by molar-refractivity contribution is 7.08. The molecule has 3 aromatic rings. The minimum atomic E-state index is -0.199. The molecule has 0 unspecified atom stereocenters. The fourth-order valence-electron chi connectivity index (χ4n) is 3.91. The minimum absolute atomic E-state index is 0.123. The zero-order valence-electron chi connectivity index (χ0n) is 17.3. The van der Waals surface area contributed by atoms with E-state index in [1.165, 1.54) is 11.5 Å². The molecule has 1 aliphatic carbocycles. The van der Waals surface area contributed by atoms with E-state index in [0.717, 1.165) is 29.7 Å². The molecular weight excluding hydrogens is 446 g/mol. The number of morpholine rings is 1. The van der Waals surface area contributed by atoms with E-state index < -0.39 is 0 Å². The first-order valence-electron chi connectivity index (χ1n) is 10.6. The molecule has 5 rings (SSSR count). The summed E-state index contributed by atoms with van der Waals surface area (Å²) in [5.41, 5.74) is 3.93. The first-order valence-corrected chi connectivity index (χ1v) is 11.8. The number of nitrogens with zero attached hydrogens (tertiary/aromatic N) is 2. The lowest BCUT2D eigenvalue weighted by Crippen LogP contribution is -2.40. The molecule has 2 amide bonds. The molecule has 1 saturated heterocycles. The fourth-order valence-corrected chi connectivity index (χ4v) is 5.05. The topological polar surface area (TPSA) is 71.5 Å². The maximum atomic E-state index is 13.1. The molecule has 2 fully saturated rings. The number of rotatable bonds is 5. The van der Waals surface area contributed by atoms with Crippen molar-refractivity contribution in [2.24, 2.45) is 0 Å². The second-order valence-corrected chi connectivity index (χ2v) is 9.15. The predicted octanol–water partition coefficient (Wildman–Crippen LogP) is 5.07. The van der Waals surface area contributed by atoms with E-state index >= 15 is 0 Å². The highest BCUT2D eigenvalue weighted by Gasteiger charge is 2.33. The molecule has 0 bridgehead atoms. The van der Waals surface area contributed by atoms with E-state index in [9.17, 15) is 9.59 Å². The van der Waals surface area contributed by atoms with Crippen LogP contribution in [0.5, 0.6) is 0 Å². The zero-order valence-corrected chi connectivity index (χ0v) is 18.9. The largest absolute Gasteiger partial charge is 0.378 e. The van der Waals surface area contributed by atoms with E-state index in [1.807, 2.05) is 30.3 Å². The van der Waals surface area contributed by atoms with Gasteiger partial charge in [0, 0.05) is 29.9 Å². The molecule has 164 valence electrons. The summed E-state index contributed by atoms with van der Waals surface area (Å²) in [6.07, 6.45) is 2.14. The van der Waals surface area contributed by atoms with Crippen LogP contribution in [0.4, 0.5) is 5.69 Å². The average molecular weight is 468 g/mol. The summed E-state index contributed by atoms with van der Waals surface area (Å²) in [6, 6.07) is 15.0. The van der Waals surface area contributed by atoms with E-state index in [2.05, 4.69) is 9.69 Å². The second-order valence-electron chi connectivity index (χ2n) is 7.97. The molecule has 1 aromatic heterocycles. The van der Waals surface area contributed by atoms with Crippen LogP contribution in [-0.2, 0) is 4.74 Å². The Labute approximate surface area is 195 Å². The molecule has 0 spiro atoms. The number of aromatic nitrogens is 1. The van der Waals surface area contributed by atoms with Crippen LogP contribution < -0.4 is 5.32 Å². The van der Waals surface area contributed by atoms with Crippen LogP contribution in [0.25, 0.3) is 11.3 Å². The number of ether oxygens (including phenoxy) is 1. The Hall–Kier alpha value is -2.74. The Morgan fingerprint density at radius 3 is 2.53 bits per heavy atom. The Morgan fingerprint density at radius 1 is 1.09 bits per heavy atom. The maximum absolute atomic E-state index is 13.1. The highest BCUT2D eigenvalue weighted by Crippen LogP contribution is 2.47. The van der Waals surface area contributed by atoms with E-state index in [4.69, 9.17) is 16.3 Å². The lowest BCUT2D eigenvalue weighted by molar-refractivity contribution is 0.0303. The van der Waals surface area contributed by atoms with Crippen LogP contribution in [0, 0.1) is 0 Å². The monoisotopic (exact) mass is 467 g/mol. The molecule has 1 aliphatic heterocycles. The number of hydrogen-bond acceptors (Lipinski definition) is 5. The molecular formula is C24H22ClN3O3S. The lowest BCUT2D eigenvalue weighted by Gasteiger charge is -2.27. The fraction of sp³-hybridized carbons (Fsp3) is 0.292. The normalized spacial score (nSPS) is 16.1. The Balaban J connectivity index is 1.36. The quantitative estimate of drug-likeness (QED) is 0.569. The number of nitrogens with one attached hydrogen (secondary N) is 1. The number of carbonyl (C=O) groups is 2. The van der Waals surface area contributed by atoms with Crippen LogP contribution in [0.1, 0.15) is 44.4 Å². The molecule has 32 heavy (non-hydrogen) atoms. The number of hydrogen-bond donors (Lipinski definition) is 1. The molecule has 0 atom stereocenters. The van der Waals surface area contributed by atoms with Gasteiger partial charge in [0.15, 0.2) is 0 Å². The Kier molecular flexibility index (Phi) is 5.95. The van der Waals surface area contributed by atoms with Gasteiger partial charge in [-0.15, -0.1) is 0 Å². The number of anilines is 1. The van der Waals surface area contributed by atoms with Crippen molar-refractivity contribution in [3.05, 3.63) is 69.6 Å². The maximum Gasteiger partial charge on any atom is 0.267 e. The van der Waals surface area contributed by atoms with Gasteiger partial charge in [-0.05, 0) is 48.5 Å². The van der Waals surface area contributed by atoms with Crippen LogP contribution in [0.2, 0.25) is 5.02 Å². The van der Waals surface area contributed by atoms with E-state index in [-0.39, 0.29) is 11.8 Å². The SMILES string of the molecule is O=C(Nc1ccc(C(=O)N2CCOCC2)c(Cl)c1)c1snc(-c2ccccc2)c1C1CC1. The predicted molar refractivity (Wildman–Crippen MR) is 126 cm³/mol. The third-order valence-electron chi connectivity index (χ3n) is 5.72. The zero-order chi connectivity index (χ0) is 22.1. The molecule has 6 nitrogen and oxygen atoms in total. The van der Waals surface area contributed by atoms with Gasteiger partial charge in [-0.1, -0.05) is 41.9 Å². The van der Waals surface area contributed by atoms with Crippen LogP contribution in [-0.4, -0.2) is 47.4 Å². The first kappa shape index (κ1) is 21.1. The van der Waals surface area contributed by atoms with Crippen molar-refractivity contribution < 1.29 is 14.3 Å². The number of carbonyl (C=O) groups excluding carboxylic acids is 2. The summed E-state index contributed by atoms with van der Waals surface area (Å²) < 4.78 is 9.91. The number of benzene rings is 2. The summed E-state index contributed by atoms with van der Waals surface area (Å²) in [4.78, 5) is 28.2. The van der Waals surface area contributed by atoms with Gasteiger partial charge in [-0.3, -0.25) is 9.59 Å². The summed E-state index contributed by atoms with van der Waals surface area (Å²) in [5.74, 6) is 0.0545. The van der Waals surface area contributed by atoms with Gasteiger partial charge in [-0.2, -0.15) is 4.37 Å². The molecule has 2 aromatic carbocycles. The summed E-state index contributed by atoms with van der Waals surface area (Å²) in [6.45, 7) is 2.15. The third kappa shape index (κ3) is 4.28. The highest BCUT2D eigenvalue weighted by atomic mass is 35.5. The molecule has 0 radical (unpaired) electrons. The molecule has 1 N–H and O–H groups in total. The Bertz CT molecular complexity index is 1150. The number of amides is 2. The van der Waals surface area contributed by atoms with Crippen molar-refractivity contribution in [1.82, 2.24) is 9.27 Å². The van der Waals surface area contributed by atoms with Crippen molar-refractivity contribution in [2.45, 2.75) is 18.8 Å². The molecule has 2 aliphatic rings. The minimum Gasteiger partial charge on any atom is -0.378 e. The van der Waals surface area contributed by atoms with E-state index in [1.54, 1.807) is 23.1 Å². The van der Waals surface area contributed by atoms with Gasteiger partial charge in [0.2, 0.25) is 0 Å². The van der Waals surface area contributed by atoms with Crippen molar-refractivity contribution in [3.63, 3.8) is 0 Å². The van der Waals surface area contributed by atoms with Crippen molar-refractivity contribution >= 4 is 40.6 Å². The van der Waals surface area contributed by atoms with Crippen molar-refractivity contribution in [1.29, 1.82) is 0 Å². The van der Waals surface area contributed by atoms with Gasteiger partial charge < -0.3 is 15.0 Å². The Morgan fingerprint density at radius 2 is 1.84 bits per heavy atom. The van der Waals surface area contributed by atoms with Crippen molar-refractivity contribution in [2.75, 3.05) is 31.6 Å². The molecule has 2 heterocycles. The second kappa shape index (κ2) is 9.02. The standard InChI is InChI=1S/C24H22ClN3O3S/c25-19-14-17(8-9-18(19)24(30)28-10-12-31-13-11-28)26-23(29)22-20(15-6-7-15)21(27-32-22)16-4-2-1-3-5-16/h1-5,8-9,14-15H,6-7,10-13H2,(H,26,29). The smallest absolute Gasteiger partial charge is 0.267 e. The van der Waals surface area contributed by atoms with Crippen LogP contribution >= 0.6 is 23.1 Å². The van der Waals surface area contributed by atoms with Gasteiger partial charge in [0.05, 0.1) is 29.5 Å². The average Bonchev–Trinajstić information content (AvgIpc) is 3.57. The third-order valence-corrected chi connectivity index (χ3v) is 6.90. The first-order chi connectivity index (χ1) is 15.6. The molecule has 1 saturated carbocycles. The van der Waals surface area contributed by atoms with E-state index in [0.29, 0.717) is 53.4 Å². The van der Waals surface area contributed by atoms with Gasteiger partial charge in [0.25, 0.3) is 11.8 Å². The van der Waals surface area contributed by atoms with Gasteiger partial charge in [0.1, 0.15) is 4.88 Å². The lowest BCUT2D eigenvalue weighted by atomic mass is 10.0. The van der Waals surface area contributed by atoms with Crippen molar-refractivity contribution in [3.8, 4) is 11.3 Å². The summed E-state index contributed by atoms with van der Waals surface area (Å²) in [7, 11) is 0.